The van der Waals surface area contributed by atoms with E-state index in [4.69, 9.17) is 26.4 Å². The Bertz CT molecular complexity index is 1260. The number of carbonyl (C=O) groups is 1. The number of fused-ring (bicyclic) bond motifs is 1. The highest BCUT2D eigenvalue weighted by Gasteiger charge is 2.35. The van der Waals surface area contributed by atoms with Gasteiger partial charge in [0, 0.05) is 16.5 Å². The third-order valence-electron chi connectivity index (χ3n) is 6.19. The van der Waals surface area contributed by atoms with Gasteiger partial charge < -0.3 is 10.1 Å². The molecule has 1 aliphatic heterocycles. The van der Waals surface area contributed by atoms with Crippen LogP contribution in [0.1, 0.15) is 70.2 Å². The molecule has 0 saturated carbocycles. The van der Waals surface area contributed by atoms with Crippen molar-refractivity contribution in [2.75, 3.05) is 11.9 Å². The molecule has 1 N–H and O–H groups in total. The van der Waals surface area contributed by atoms with Crippen molar-refractivity contribution in [3.05, 3.63) is 81.5 Å². The minimum Gasteiger partial charge on any atom is -0.462 e. The fraction of sp³-hybridized carbons (Fsp3) is 0.393. The summed E-state index contributed by atoms with van der Waals surface area (Å²) in [5, 5.41) is 9.42. The van der Waals surface area contributed by atoms with Gasteiger partial charge in [0.2, 0.25) is 11.1 Å². The van der Waals surface area contributed by atoms with Crippen molar-refractivity contribution in [2.24, 2.45) is 0 Å². The smallest absolute Gasteiger partial charge is 0.338 e. The fourth-order valence-electron chi connectivity index (χ4n) is 4.08. The average Bonchev–Trinajstić information content (AvgIpc) is 3.24. The second-order valence-corrected chi connectivity index (χ2v) is 11.3. The van der Waals surface area contributed by atoms with Gasteiger partial charge in [0.25, 0.3) is 0 Å². The largest absolute Gasteiger partial charge is 0.462 e. The molecule has 6 nitrogen and oxygen atoms in total. The minimum atomic E-state index is -0.438. The lowest BCUT2D eigenvalue weighted by molar-refractivity contribution is -0.139. The van der Waals surface area contributed by atoms with Crippen LogP contribution < -0.4 is 5.32 Å². The predicted molar refractivity (Wildman–Crippen MR) is 147 cm³/mol. The Labute approximate surface area is 222 Å². The molecule has 2 aromatic carbocycles. The van der Waals surface area contributed by atoms with Gasteiger partial charge in [-0.15, -0.1) is 5.10 Å². The fourth-order valence-corrected chi connectivity index (χ4v) is 5.19. The zero-order valence-electron chi connectivity index (χ0n) is 21.5. The Morgan fingerprint density at radius 1 is 1.17 bits per heavy atom. The number of rotatable bonds is 8. The molecule has 1 aliphatic rings. The van der Waals surface area contributed by atoms with Crippen LogP contribution in [0.5, 0.6) is 0 Å². The molecular weight excluding hydrogens is 492 g/mol. The number of carbonyl (C=O) groups excluding carboxylic acids is 1. The standard InChI is InChI=1S/C28H33ClN4O2S/c1-6-7-16-35-25(34)23-18(2)30-26-31-27(36-17-20-10-8-9-11-22(20)29)32-33(26)24(23)19-12-14-21(15-13-19)28(3,4)5/h8-15,24H,6-7,16-17H2,1-5H3,(H,30,31,32). The number of hydrogen-bond donors (Lipinski definition) is 1. The van der Waals surface area contributed by atoms with Gasteiger partial charge in [-0.1, -0.05) is 99.9 Å². The lowest BCUT2D eigenvalue weighted by atomic mass is 9.85. The molecule has 1 unspecified atom stereocenters. The van der Waals surface area contributed by atoms with Crippen molar-refractivity contribution in [3.8, 4) is 0 Å². The van der Waals surface area contributed by atoms with E-state index < -0.39 is 6.04 Å². The van der Waals surface area contributed by atoms with Gasteiger partial charge in [-0.3, -0.25) is 0 Å². The van der Waals surface area contributed by atoms with E-state index in [-0.39, 0.29) is 11.4 Å². The van der Waals surface area contributed by atoms with Crippen LogP contribution in [0.15, 0.2) is 65.0 Å². The summed E-state index contributed by atoms with van der Waals surface area (Å²) in [6, 6.07) is 15.7. The van der Waals surface area contributed by atoms with E-state index in [9.17, 15) is 4.79 Å². The normalized spacial score (nSPS) is 15.4. The summed E-state index contributed by atoms with van der Waals surface area (Å²) < 4.78 is 7.44. The Kier molecular flexibility index (Phi) is 8.10. The second-order valence-electron chi connectivity index (χ2n) is 9.97. The molecule has 2 heterocycles. The third-order valence-corrected chi connectivity index (χ3v) is 7.45. The topological polar surface area (TPSA) is 69.0 Å². The van der Waals surface area contributed by atoms with Gasteiger partial charge in [-0.2, -0.15) is 4.98 Å². The molecule has 8 heteroatoms. The highest BCUT2D eigenvalue weighted by atomic mass is 35.5. The molecule has 3 aromatic rings. The maximum atomic E-state index is 13.3. The number of anilines is 1. The molecule has 190 valence electrons. The summed E-state index contributed by atoms with van der Waals surface area (Å²) >= 11 is 7.84. The summed E-state index contributed by atoms with van der Waals surface area (Å²) in [4.78, 5) is 18.0. The van der Waals surface area contributed by atoms with Crippen LogP contribution >= 0.6 is 23.4 Å². The van der Waals surface area contributed by atoms with Crippen LogP contribution in [0, 0.1) is 0 Å². The van der Waals surface area contributed by atoms with Crippen LogP contribution in [0.25, 0.3) is 0 Å². The molecule has 0 radical (unpaired) electrons. The van der Waals surface area contributed by atoms with Gasteiger partial charge >= 0.3 is 5.97 Å². The third kappa shape index (κ3) is 5.79. The second kappa shape index (κ2) is 11.1. The van der Waals surface area contributed by atoms with Crippen molar-refractivity contribution in [1.82, 2.24) is 14.8 Å². The molecule has 0 amide bonds. The van der Waals surface area contributed by atoms with Gasteiger partial charge in [0.1, 0.15) is 6.04 Å². The molecule has 1 aromatic heterocycles. The quantitative estimate of drug-likeness (QED) is 0.191. The van der Waals surface area contributed by atoms with Crippen LogP contribution in [-0.2, 0) is 20.7 Å². The lowest BCUT2D eigenvalue weighted by Gasteiger charge is -2.28. The molecule has 1 atom stereocenters. The number of halogens is 1. The molecule has 0 saturated heterocycles. The summed E-state index contributed by atoms with van der Waals surface area (Å²) in [6.07, 6.45) is 1.79. The van der Waals surface area contributed by atoms with Crippen molar-refractivity contribution in [1.29, 1.82) is 0 Å². The van der Waals surface area contributed by atoms with Gasteiger partial charge in [0.15, 0.2) is 0 Å². The maximum Gasteiger partial charge on any atom is 0.338 e. The van der Waals surface area contributed by atoms with Crippen LogP contribution in [0.3, 0.4) is 0 Å². The number of nitrogens with one attached hydrogen (secondary N) is 1. The molecule has 0 bridgehead atoms. The molecular formula is C28H33ClN4O2S. The van der Waals surface area contributed by atoms with Crippen molar-refractivity contribution < 1.29 is 9.53 Å². The number of ether oxygens (including phenoxy) is 1. The number of hydrogen-bond acceptors (Lipinski definition) is 6. The van der Waals surface area contributed by atoms with Crippen LogP contribution in [0.4, 0.5) is 5.95 Å². The Balaban J connectivity index is 1.69. The lowest BCUT2D eigenvalue weighted by Crippen LogP contribution is -2.30. The number of thioether (sulfide) groups is 1. The molecule has 36 heavy (non-hydrogen) atoms. The van der Waals surface area contributed by atoms with Crippen LogP contribution in [0.2, 0.25) is 5.02 Å². The van der Waals surface area contributed by atoms with Crippen LogP contribution in [-0.4, -0.2) is 27.3 Å². The number of allylic oxidation sites excluding steroid dienone is 1. The van der Waals surface area contributed by atoms with E-state index in [0.717, 1.165) is 34.7 Å². The summed E-state index contributed by atoms with van der Waals surface area (Å²) in [5.41, 5.74) is 4.51. The van der Waals surface area contributed by atoms with Gasteiger partial charge in [-0.25, -0.2) is 9.48 Å². The first-order valence-corrected chi connectivity index (χ1v) is 13.6. The summed E-state index contributed by atoms with van der Waals surface area (Å²) in [5.74, 6) is 0.917. The van der Waals surface area contributed by atoms with E-state index in [0.29, 0.717) is 29.0 Å². The molecule has 0 fully saturated rings. The first-order valence-electron chi connectivity index (χ1n) is 12.3. The first-order chi connectivity index (χ1) is 17.2. The first kappa shape index (κ1) is 26.3. The highest BCUT2D eigenvalue weighted by Crippen LogP contribution is 2.38. The number of unbranched alkanes of at least 4 members (excludes halogenated alkanes) is 1. The number of esters is 1. The Morgan fingerprint density at radius 3 is 2.56 bits per heavy atom. The number of aromatic nitrogens is 3. The zero-order valence-corrected chi connectivity index (χ0v) is 23.0. The Hall–Kier alpha value is -2.77. The van der Waals surface area contributed by atoms with E-state index in [1.54, 1.807) is 4.68 Å². The van der Waals surface area contributed by atoms with Crippen molar-refractivity contribution in [2.45, 2.75) is 69.8 Å². The van der Waals surface area contributed by atoms with E-state index >= 15 is 0 Å². The maximum absolute atomic E-state index is 13.3. The molecule has 0 aliphatic carbocycles. The van der Waals surface area contributed by atoms with Gasteiger partial charge in [-0.05, 0) is 41.5 Å². The highest BCUT2D eigenvalue weighted by molar-refractivity contribution is 7.98. The number of nitrogens with zero attached hydrogens (tertiary/aromatic N) is 3. The summed E-state index contributed by atoms with van der Waals surface area (Å²) in [7, 11) is 0. The Morgan fingerprint density at radius 2 is 1.89 bits per heavy atom. The SMILES string of the molecule is CCCCOC(=O)C1=C(C)Nc2nc(SCc3ccccc3Cl)nn2C1c1ccc(C(C)(C)C)cc1. The predicted octanol–water partition coefficient (Wildman–Crippen LogP) is 7.15. The minimum absolute atomic E-state index is 0.0290. The average molecular weight is 525 g/mol. The molecule has 0 spiro atoms. The van der Waals surface area contributed by atoms with E-state index in [1.165, 1.54) is 17.3 Å². The van der Waals surface area contributed by atoms with E-state index in [1.807, 2.05) is 31.2 Å². The van der Waals surface area contributed by atoms with Crippen molar-refractivity contribution in [3.63, 3.8) is 0 Å². The number of benzene rings is 2. The monoisotopic (exact) mass is 524 g/mol. The summed E-state index contributed by atoms with van der Waals surface area (Å²) in [6.45, 7) is 10.9. The molecule has 4 rings (SSSR count). The zero-order chi connectivity index (χ0) is 25.9. The van der Waals surface area contributed by atoms with E-state index in [2.05, 4.69) is 57.3 Å². The van der Waals surface area contributed by atoms with Crippen molar-refractivity contribution >= 4 is 35.3 Å². The van der Waals surface area contributed by atoms with Gasteiger partial charge in [0.05, 0.1) is 12.2 Å².